The molecule has 2 fully saturated rings. The van der Waals surface area contributed by atoms with Crippen molar-refractivity contribution < 1.29 is 5.11 Å². The van der Waals surface area contributed by atoms with Gasteiger partial charge in [0, 0.05) is 24.5 Å². The molecule has 0 radical (unpaired) electrons. The quantitative estimate of drug-likeness (QED) is 0.908. The first-order chi connectivity index (χ1) is 11.8. The van der Waals surface area contributed by atoms with Gasteiger partial charge in [-0.1, -0.05) is 24.6 Å². The number of pyridine rings is 1. The van der Waals surface area contributed by atoms with E-state index in [1.165, 1.54) is 32.1 Å². The van der Waals surface area contributed by atoms with Crippen molar-refractivity contribution in [3.05, 3.63) is 35.9 Å². The predicted molar refractivity (Wildman–Crippen MR) is 98.4 cm³/mol. The number of hydrogen-bond acceptors (Lipinski definition) is 4. The molecule has 4 nitrogen and oxygen atoms in total. The first kappa shape index (κ1) is 15.9. The van der Waals surface area contributed by atoms with Crippen molar-refractivity contribution in [3.63, 3.8) is 0 Å². The maximum atomic E-state index is 11.1. The van der Waals surface area contributed by atoms with Crippen molar-refractivity contribution >= 4 is 16.7 Å². The lowest BCUT2D eigenvalue weighted by molar-refractivity contribution is 0.115. The number of anilines is 1. The van der Waals surface area contributed by atoms with E-state index in [0.29, 0.717) is 0 Å². The molecule has 1 aromatic carbocycles. The fraction of sp³-hybridized carbons (Fsp3) is 0.550. The zero-order valence-electron chi connectivity index (χ0n) is 14.2. The molecule has 0 unspecified atom stereocenters. The van der Waals surface area contributed by atoms with Gasteiger partial charge in [-0.3, -0.25) is 0 Å². The lowest BCUT2D eigenvalue weighted by atomic mass is 9.92. The summed E-state index contributed by atoms with van der Waals surface area (Å²) in [5.41, 5.74) is 2.02. The van der Waals surface area contributed by atoms with E-state index in [2.05, 4.69) is 28.4 Å². The van der Waals surface area contributed by atoms with E-state index in [1.807, 2.05) is 12.1 Å². The Morgan fingerprint density at radius 3 is 2.71 bits per heavy atom. The minimum atomic E-state index is -0.471. The minimum absolute atomic E-state index is 0.152. The molecule has 2 saturated heterocycles. The third-order valence-corrected chi connectivity index (χ3v) is 5.46. The van der Waals surface area contributed by atoms with Crippen LogP contribution in [0.2, 0.25) is 0 Å². The van der Waals surface area contributed by atoms with Crippen LogP contribution in [0, 0.1) is 0 Å². The average molecular weight is 325 g/mol. The number of nitrogens with one attached hydrogen (secondary N) is 1. The first-order valence-corrected chi connectivity index (χ1v) is 9.39. The maximum absolute atomic E-state index is 11.1. The average Bonchev–Trinajstić information content (AvgIpc) is 2.68. The summed E-state index contributed by atoms with van der Waals surface area (Å²) in [5.74, 6) is 1.03. The summed E-state index contributed by atoms with van der Waals surface area (Å²) >= 11 is 0. The van der Waals surface area contributed by atoms with Crippen LogP contribution in [-0.2, 0) is 0 Å². The van der Waals surface area contributed by atoms with Gasteiger partial charge >= 0.3 is 0 Å². The van der Waals surface area contributed by atoms with E-state index in [1.54, 1.807) is 0 Å². The van der Waals surface area contributed by atoms with Gasteiger partial charge in [0.25, 0.3) is 0 Å². The highest BCUT2D eigenvalue weighted by Gasteiger charge is 2.25. The van der Waals surface area contributed by atoms with Gasteiger partial charge in [-0.2, -0.15) is 0 Å². The van der Waals surface area contributed by atoms with Gasteiger partial charge in [0.1, 0.15) is 5.82 Å². The number of piperidine rings is 2. The van der Waals surface area contributed by atoms with E-state index < -0.39 is 6.10 Å². The maximum Gasteiger partial charge on any atom is 0.129 e. The molecular formula is C20H27N3O. The Hall–Kier alpha value is -1.65. The Labute approximate surface area is 143 Å². The zero-order chi connectivity index (χ0) is 16.4. The number of aliphatic hydroxyl groups is 1. The Morgan fingerprint density at radius 1 is 1.08 bits per heavy atom. The number of benzene rings is 1. The number of nitrogens with zero attached hydrogens (tertiary/aromatic N) is 2. The van der Waals surface area contributed by atoms with E-state index in [-0.39, 0.29) is 6.04 Å². The second-order valence-corrected chi connectivity index (χ2v) is 7.14. The highest BCUT2D eigenvalue weighted by Crippen LogP contribution is 2.32. The van der Waals surface area contributed by atoms with Gasteiger partial charge in [-0.25, -0.2) is 4.98 Å². The molecule has 0 spiro atoms. The summed E-state index contributed by atoms with van der Waals surface area (Å²) < 4.78 is 0. The predicted octanol–water partition coefficient (Wildman–Crippen LogP) is 3.40. The summed E-state index contributed by atoms with van der Waals surface area (Å²) in [6, 6.07) is 10.5. The van der Waals surface area contributed by atoms with Crippen molar-refractivity contribution in [2.24, 2.45) is 0 Å². The van der Waals surface area contributed by atoms with Crippen molar-refractivity contribution in [2.75, 3.05) is 24.5 Å². The fourth-order valence-electron chi connectivity index (χ4n) is 4.08. The molecule has 1 aromatic heterocycles. The molecule has 128 valence electrons. The number of aliphatic hydroxyl groups excluding tert-OH is 1. The van der Waals surface area contributed by atoms with Gasteiger partial charge in [-0.05, 0) is 56.3 Å². The molecule has 4 rings (SSSR count). The summed E-state index contributed by atoms with van der Waals surface area (Å²) in [6.45, 7) is 3.15. The summed E-state index contributed by atoms with van der Waals surface area (Å²) in [5, 5.41) is 15.6. The molecule has 4 heteroatoms. The van der Waals surface area contributed by atoms with Gasteiger partial charge in [0.05, 0.1) is 11.6 Å². The van der Waals surface area contributed by atoms with Crippen LogP contribution in [0.5, 0.6) is 0 Å². The van der Waals surface area contributed by atoms with Crippen LogP contribution in [0.3, 0.4) is 0 Å². The standard InChI is InChI=1S/C20H27N3O/c24-20(18-10-4-5-11-21-18)16-14-19(23-12-6-1-7-13-23)22-17-9-3-2-8-15(16)17/h2-3,8-9,14,18,20-21,24H,1,4-7,10-13H2/t18-,20+/m1/s1. The Balaban J connectivity index is 1.73. The topological polar surface area (TPSA) is 48.4 Å². The smallest absolute Gasteiger partial charge is 0.129 e. The second-order valence-electron chi connectivity index (χ2n) is 7.14. The third kappa shape index (κ3) is 3.13. The van der Waals surface area contributed by atoms with Crippen molar-refractivity contribution in [2.45, 2.75) is 50.7 Å². The van der Waals surface area contributed by atoms with Crippen LogP contribution in [0.15, 0.2) is 30.3 Å². The minimum Gasteiger partial charge on any atom is -0.387 e. The van der Waals surface area contributed by atoms with Gasteiger partial charge in [0.15, 0.2) is 0 Å². The molecular weight excluding hydrogens is 298 g/mol. The highest BCUT2D eigenvalue weighted by atomic mass is 16.3. The molecule has 0 amide bonds. The number of para-hydroxylation sites is 1. The summed E-state index contributed by atoms with van der Waals surface area (Å²) in [7, 11) is 0. The molecule has 2 aliphatic rings. The first-order valence-electron chi connectivity index (χ1n) is 9.39. The SMILES string of the molecule is O[C@@H](c1cc(N2CCCCC2)nc2ccccc12)[C@H]1CCCCN1. The van der Waals surface area contributed by atoms with E-state index >= 15 is 0 Å². The van der Waals surface area contributed by atoms with Crippen LogP contribution in [0.25, 0.3) is 10.9 Å². The van der Waals surface area contributed by atoms with Crippen LogP contribution < -0.4 is 10.2 Å². The van der Waals surface area contributed by atoms with Crippen LogP contribution in [0.4, 0.5) is 5.82 Å². The van der Waals surface area contributed by atoms with Crippen LogP contribution >= 0.6 is 0 Å². The van der Waals surface area contributed by atoms with Crippen LogP contribution in [-0.4, -0.2) is 35.8 Å². The third-order valence-electron chi connectivity index (χ3n) is 5.46. The largest absolute Gasteiger partial charge is 0.387 e. The fourth-order valence-corrected chi connectivity index (χ4v) is 4.08. The highest BCUT2D eigenvalue weighted by molar-refractivity contribution is 5.84. The van der Waals surface area contributed by atoms with Crippen molar-refractivity contribution in [1.29, 1.82) is 0 Å². The number of rotatable bonds is 3. The summed E-state index contributed by atoms with van der Waals surface area (Å²) in [6.07, 6.45) is 6.74. The Morgan fingerprint density at radius 2 is 1.92 bits per heavy atom. The lowest BCUT2D eigenvalue weighted by Crippen LogP contribution is -2.39. The Kier molecular flexibility index (Phi) is 4.67. The van der Waals surface area contributed by atoms with Gasteiger partial charge in [0.2, 0.25) is 0 Å². The molecule has 2 N–H and O–H groups in total. The molecule has 2 atom stereocenters. The second kappa shape index (κ2) is 7.08. The molecule has 2 aliphatic heterocycles. The van der Waals surface area contributed by atoms with E-state index in [9.17, 15) is 5.11 Å². The molecule has 24 heavy (non-hydrogen) atoms. The lowest BCUT2D eigenvalue weighted by Gasteiger charge is -2.31. The normalized spacial score (nSPS) is 23.4. The molecule has 0 bridgehead atoms. The monoisotopic (exact) mass is 325 g/mol. The zero-order valence-corrected chi connectivity index (χ0v) is 14.2. The Bertz CT molecular complexity index is 690. The van der Waals surface area contributed by atoms with E-state index in [0.717, 1.165) is 48.3 Å². The van der Waals surface area contributed by atoms with Gasteiger partial charge in [-0.15, -0.1) is 0 Å². The number of fused-ring (bicyclic) bond motifs is 1. The molecule has 0 saturated carbocycles. The number of aromatic nitrogens is 1. The van der Waals surface area contributed by atoms with Crippen molar-refractivity contribution in [3.8, 4) is 0 Å². The van der Waals surface area contributed by atoms with Crippen LogP contribution in [0.1, 0.15) is 50.2 Å². The number of hydrogen-bond donors (Lipinski definition) is 2. The summed E-state index contributed by atoms with van der Waals surface area (Å²) in [4.78, 5) is 7.26. The molecule has 0 aliphatic carbocycles. The molecule has 2 aromatic rings. The van der Waals surface area contributed by atoms with Gasteiger partial charge < -0.3 is 15.3 Å². The molecule has 3 heterocycles. The van der Waals surface area contributed by atoms with Crippen molar-refractivity contribution in [1.82, 2.24) is 10.3 Å². The van der Waals surface area contributed by atoms with E-state index in [4.69, 9.17) is 4.98 Å².